The van der Waals surface area contributed by atoms with Crippen LogP contribution in [0.5, 0.6) is 0 Å². The first-order valence-corrected chi connectivity index (χ1v) is 9.29. The van der Waals surface area contributed by atoms with Crippen molar-refractivity contribution in [3.05, 3.63) is 88.8 Å². The molecule has 3 aromatic heterocycles. The highest BCUT2D eigenvalue weighted by Gasteiger charge is 2.24. The third-order valence-corrected chi connectivity index (χ3v) is 4.95. The number of nitriles is 1. The van der Waals surface area contributed by atoms with Crippen LogP contribution in [0.4, 0.5) is 5.13 Å². The third-order valence-electron chi connectivity index (χ3n) is 3.98. The second-order valence-corrected chi connectivity index (χ2v) is 6.86. The average molecular weight is 400 g/mol. The van der Waals surface area contributed by atoms with Gasteiger partial charge in [-0.3, -0.25) is 19.9 Å². The Morgan fingerprint density at radius 1 is 1.07 bits per heavy atom. The van der Waals surface area contributed by atoms with Crippen LogP contribution in [-0.4, -0.2) is 21.7 Å². The van der Waals surface area contributed by atoms with Gasteiger partial charge in [0.05, 0.1) is 17.9 Å². The van der Waals surface area contributed by atoms with Crippen LogP contribution in [0.15, 0.2) is 71.5 Å². The maximum Gasteiger partial charge on any atom is 0.257 e. The predicted octanol–water partition coefficient (Wildman–Crippen LogP) is 4.15. The van der Waals surface area contributed by atoms with Gasteiger partial charge in [-0.1, -0.05) is 17.4 Å². The first-order chi connectivity index (χ1) is 14.2. The minimum atomic E-state index is -0.397. The number of carbonyl (C=O) groups excluding carboxylic acids is 2. The molecule has 0 atom stereocenters. The summed E-state index contributed by atoms with van der Waals surface area (Å²) >= 11 is 1.05. The third kappa shape index (κ3) is 3.81. The number of nitrogens with one attached hydrogen (secondary N) is 1. The monoisotopic (exact) mass is 400 g/mol. The van der Waals surface area contributed by atoms with E-state index in [1.54, 1.807) is 54.6 Å². The fourth-order valence-electron chi connectivity index (χ4n) is 2.59. The summed E-state index contributed by atoms with van der Waals surface area (Å²) in [5.41, 5.74) is 1.44. The molecular formula is C21H12N4O3S. The molecule has 29 heavy (non-hydrogen) atoms. The summed E-state index contributed by atoms with van der Waals surface area (Å²) in [7, 11) is 0. The van der Waals surface area contributed by atoms with Crippen molar-refractivity contribution in [1.82, 2.24) is 9.97 Å². The molecule has 1 aromatic carbocycles. The van der Waals surface area contributed by atoms with E-state index in [-0.39, 0.29) is 16.6 Å². The van der Waals surface area contributed by atoms with Crippen LogP contribution in [0.2, 0.25) is 0 Å². The number of hydrogen-bond acceptors (Lipinski definition) is 7. The van der Waals surface area contributed by atoms with E-state index in [1.165, 1.54) is 12.5 Å². The molecule has 0 unspecified atom stereocenters. The molecule has 4 aromatic rings. The van der Waals surface area contributed by atoms with Gasteiger partial charge in [-0.2, -0.15) is 5.26 Å². The Hall–Kier alpha value is -4.09. The molecule has 7 nitrogen and oxygen atoms in total. The van der Waals surface area contributed by atoms with E-state index < -0.39 is 5.91 Å². The molecule has 3 heterocycles. The molecule has 0 aliphatic heterocycles. The number of ketones is 1. The molecule has 0 aliphatic carbocycles. The molecule has 140 valence electrons. The van der Waals surface area contributed by atoms with Crippen LogP contribution in [0.25, 0.3) is 11.5 Å². The standard InChI is InChI=1S/C21H12N4O3S/c22-12-13-6-8-14(9-7-13)20(27)25-21-24-17(16-5-3-11-28-16)19(29-21)18(26)15-4-1-2-10-23-15/h1-11H,(H,24,25,27). The van der Waals surface area contributed by atoms with Gasteiger partial charge in [-0.15, -0.1) is 0 Å². The van der Waals surface area contributed by atoms with Crippen molar-refractivity contribution in [2.24, 2.45) is 0 Å². The summed E-state index contributed by atoms with van der Waals surface area (Å²) in [6, 6.07) is 16.7. The quantitative estimate of drug-likeness (QED) is 0.504. The van der Waals surface area contributed by atoms with Crippen molar-refractivity contribution >= 4 is 28.2 Å². The summed E-state index contributed by atoms with van der Waals surface area (Å²) in [5, 5.41) is 11.8. The first-order valence-electron chi connectivity index (χ1n) is 8.47. The minimum absolute atomic E-state index is 0.255. The lowest BCUT2D eigenvalue weighted by Gasteiger charge is -2.01. The Morgan fingerprint density at radius 2 is 1.90 bits per heavy atom. The van der Waals surface area contributed by atoms with E-state index in [2.05, 4.69) is 15.3 Å². The van der Waals surface area contributed by atoms with Crippen LogP contribution in [0, 0.1) is 11.3 Å². The maximum absolute atomic E-state index is 12.9. The second kappa shape index (κ2) is 7.88. The van der Waals surface area contributed by atoms with E-state index in [9.17, 15) is 9.59 Å². The predicted molar refractivity (Wildman–Crippen MR) is 107 cm³/mol. The van der Waals surface area contributed by atoms with Crippen molar-refractivity contribution in [1.29, 1.82) is 5.26 Å². The van der Waals surface area contributed by atoms with Gasteiger partial charge in [-0.05, 0) is 48.5 Å². The van der Waals surface area contributed by atoms with Gasteiger partial charge in [0.15, 0.2) is 10.9 Å². The van der Waals surface area contributed by atoms with Gasteiger partial charge >= 0.3 is 0 Å². The largest absolute Gasteiger partial charge is 0.463 e. The topological polar surface area (TPSA) is 109 Å². The first kappa shape index (κ1) is 18.3. The molecule has 0 aliphatic rings. The van der Waals surface area contributed by atoms with Gasteiger partial charge in [0, 0.05) is 11.8 Å². The molecule has 0 bridgehead atoms. The zero-order chi connectivity index (χ0) is 20.2. The smallest absolute Gasteiger partial charge is 0.257 e. The fraction of sp³-hybridized carbons (Fsp3) is 0. The highest BCUT2D eigenvalue weighted by Crippen LogP contribution is 2.33. The normalized spacial score (nSPS) is 10.3. The van der Waals surface area contributed by atoms with Crippen LogP contribution < -0.4 is 5.32 Å². The number of rotatable bonds is 5. The van der Waals surface area contributed by atoms with Gasteiger partial charge in [0.2, 0.25) is 5.78 Å². The van der Waals surface area contributed by atoms with Crippen molar-refractivity contribution < 1.29 is 14.0 Å². The Balaban J connectivity index is 1.67. The molecule has 1 N–H and O–H groups in total. The van der Waals surface area contributed by atoms with Crippen LogP contribution in [0.1, 0.15) is 31.3 Å². The molecule has 0 fully saturated rings. The van der Waals surface area contributed by atoms with Gasteiger partial charge in [0.1, 0.15) is 16.3 Å². The minimum Gasteiger partial charge on any atom is -0.463 e. The lowest BCUT2D eigenvalue weighted by molar-refractivity contribution is 0.102. The van der Waals surface area contributed by atoms with E-state index in [4.69, 9.17) is 9.68 Å². The van der Waals surface area contributed by atoms with Gasteiger partial charge in [0.25, 0.3) is 5.91 Å². The molecule has 0 saturated carbocycles. The number of hydrogen-bond donors (Lipinski definition) is 1. The molecule has 0 radical (unpaired) electrons. The summed E-state index contributed by atoms with van der Waals surface area (Å²) < 4.78 is 5.40. The number of thiazole rings is 1. The number of nitrogens with zero attached hydrogens (tertiary/aromatic N) is 3. The Bertz CT molecular complexity index is 1210. The second-order valence-electron chi connectivity index (χ2n) is 5.86. The Morgan fingerprint density at radius 3 is 2.55 bits per heavy atom. The van der Waals surface area contributed by atoms with E-state index in [0.29, 0.717) is 27.5 Å². The molecular weight excluding hydrogens is 388 g/mol. The zero-order valence-electron chi connectivity index (χ0n) is 14.8. The van der Waals surface area contributed by atoms with E-state index >= 15 is 0 Å². The van der Waals surface area contributed by atoms with E-state index in [0.717, 1.165) is 11.3 Å². The van der Waals surface area contributed by atoms with Crippen molar-refractivity contribution in [2.75, 3.05) is 5.32 Å². The number of furan rings is 1. The lowest BCUT2D eigenvalue weighted by atomic mass is 10.1. The van der Waals surface area contributed by atoms with Gasteiger partial charge in [-0.25, -0.2) is 4.98 Å². The van der Waals surface area contributed by atoms with Gasteiger partial charge < -0.3 is 4.42 Å². The summed E-state index contributed by atoms with van der Waals surface area (Å²) in [6.45, 7) is 0. The summed E-state index contributed by atoms with van der Waals surface area (Å²) in [5.74, 6) is -0.293. The zero-order valence-corrected chi connectivity index (χ0v) is 15.6. The highest BCUT2D eigenvalue weighted by atomic mass is 32.1. The number of benzene rings is 1. The Kier molecular flexibility index (Phi) is 4.97. The van der Waals surface area contributed by atoms with Crippen LogP contribution >= 0.6 is 11.3 Å². The summed E-state index contributed by atoms with van der Waals surface area (Å²) in [6.07, 6.45) is 3.02. The Labute approximate surface area is 169 Å². The van der Waals surface area contributed by atoms with Crippen molar-refractivity contribution in [2.45, 2.75) is 0 Å². The van der Waals surface area contributed by atoms with Crippen LogP contribution in [0.3, 0.4) is 0 Å². The van der Waals surface area contributed by atoms with Crippen molar-refractivity contribution in [3.63, 3.8) is 0 Å². The molecule has 4 rings (SSSR count). The molecule has 0 spiro atoms. The molecule has 1 amide bonds. The highest BCUT2D eigenvalue weighted by molar-refractivity contribution is 7.18. The number of pyridine rings is 1. The number of anilines is 1. The van der Waals surface area contributed by atoms with E-state index in [1.807, 2.05) is 6.07 Å². The number of amides is 1. The number of aromatic nitrogens is 2. The van der Waals surface area contributed by atoms with Crippen molar-refractivity contribution in [3.8, 4) is 17.5 Å². The molecule has 0 saturated heterocycles. The fourth-order valence-corrected chi connectivity index (χ4v) is 3.50. The summed E-state index contributed by atoms with van der Waals surface area (Å²) in [4.78, 5) is 34.2. The SMILES string of the molecule is N#Cc1ccc(C(=O)Nc2nc(-c3ccco3)c(C(=O)c3ccccn3)s2)cc1. The molecule has 8 heteroatoms. The maximum atomic E-state index is 12.9. The van der Waals surface area contributed by atoms with Crippen LogP contribution in [-0.2, 0) is 0 Å². The number of carbonyl (C=O) groups is 2. The lowest BCUT2D eigenvalue weighted by Crippen LogP contribution is -2.11. The average Bonchev–Trinajstić information content (AvgIpc) is 3.44.